The number of phosphoric acid groups is 1. The van der Waals surface area contributed by atoms with Gasteiger partial charge in [0, 0.05) is 6.54 Å². The Hall–Kier alpha value is -0.500. The molecular formula is C27H58N2O6P+. The number of phosphoric ester groups is 1. The molecular weight excluding hydrogens is 479 g/mol. The molecule has 2 unspecified atom stereocenters. The Bertz CT molecular complexity index is 571. The van der Waals surface area contributed by atoms with E-state index in [9.17, 15) is 19.4 Å². The summed E-state index contributed by atoms with van der Waals surface area (Å²) >= 11 is 0. The van der Waals surface area contributed by atoms with Gasteiger partial charge in [0.1, 0.15) is 13.2 Å². The molecule has 0 bridgehead atoms. The number of hydrogen-bond acceptors (Lipinski definition) is 5. The van der Waals surface area contributed by atoms with Crippen LogP contribution in [0.25, 0.3) is 0 Å². The zero-order chi connectivity index (χ0) is 27.1. The van der Waals surface area contributed by atoms with Gasteiger partial charge in [-0.05, 0) is 6.42 Å². The van der Waals surface area contributed by atoms with Crippen LogP contribution in [-0.4, -0.2) is 73.9 Å². The molecule has 216 valence electrons. The van der Waals surface area contributed by atoms with Gasteiger partial charge in [-0.3, -0.25) is 13.8 Å². The van der Waals surface area contributed by atoms with Crippen molar-refractivity contribution in [2.24, 2.45) is 0 Å². The molecule has 1 amide bonds. The van der Waals surface area contributed by atoms with Crippen molar-refractivity contribution in [3.8, 4) is 0 Å². The zero-order valence-corrected chi connectivity index (χ0v) is 24.7. The van der Waals surface area contributed by atoms with Crippen LogP contribution in [0.3, 0.4) is 0 Å². The Morgan fingerprint density at radius 1 is 0.806 bits per heavy atom. The minimum Gasteiger partial charge on any atom is -0.390 e. The van der Waals surface area contributed by atoms with Crippen LogP contribution < -0.4 is 5.32 Å². The lowest BCUT2D eigenvalue weighted by molar-refractivity contribution is -0.870. The maximum absolute atomic E-state index is 11.9. The molecule has 0 saturated carbocycles. The second-order valence-corrected chi connectivity index (χ2v) is 12.6. The first-order chi connectivity index (χ1) is 17.1. The summed E-state index contributed by atoms with van der Waals surface area (Å²) in [6.45, 7) is 3.02. The zero-order valence-electron chi connectivity index (χ0n) is 23.8. The lowest BCUT2D eigenvalue weighted by Gasteiger charge is -2.24. The molecule has 0 aromatic rings. The summed E-state index contributed by atoms with van der Waals surface area (Å²) in [7, 11) is 1.58. The third-order valence-electron chi connectivity index (χ3n) is 6.22. The Morgan fingerprint density at radius 3 is 1.69 bits per heavy atom. The summed E-state index contributed by atoms with van der Waals surface area (Å²) in [6, 6.07) is 0. The molecule has 2 atom stereocenters. The molecule has 3 N–H and O–H groups in total. The van der Waals surface area contributed by atoms with Crippen LogP contribution in [0.2, 0.25) is 0 Å². The summed E-state index contributed by atoms with van der Waals surface area (Å²) < 4.78 is 22.1. The average Bonchev–Trinajstić information content (AvgIpc) is 2.79. The number of unbranched alkanes of at least 4 members (excludes halogenated alkanes) is 15. The van der Waals surface area contributed by atoms with Crippen molar-refractivity contribution in [3.63, 3.8) is 0 Å². The highest BCUT2D eigenvalue weighted by atomic mass is 31.2. The number of likely N-dealkylation sites (N-methyl/N-ethyl adjacent to an activating group) is 1. The molecule has 9 heteroatoms. The molecule has 0 aromatic heterocycles. The van der Waals surface area contributed by atoms with E-state index in [4.69, 9.17) is 9.05 Å². The Labute approximate surface area is 221 Å². The number of amides is 1. The van der Waals surface area contributed by atoms with E-state index < -0.39 is 20.5 Å². The molecule has 36 heavy (non-hydrogen) atoms. The maximum atomic E-state index is 11.9. The van der Waals surface area contributed by atoms with Crippen molar-refractivity contribution >= 4 is 13.7 Å². The molecule has 8 nitrogen and oxygen atoms in total. The van der Waals surface area contributed by atoms with E-state index in [1.807, 2.05) is 21.1 Å². The number of hydrogen-bond donors (Lipinski definition) is 3. The number of rotatable bonds is 26. The third-order valence-corrected chi connectivity index (χ3v) is 7.20. The van der Waals surface area contributed by atoms with E-state index in [0.29, 0.717) is 17.6 Å². The van der Waals surface area contributed by atoms with Crippen molar-refractivity contribution in [2.45, 2.75) is 122 Å². The van der Waals surface area contributed by atoms with E-state index in [-0.39, 0.29) is 18.9 Å². The van der Waals surface area contributed by atoms with Crippen molar-refractivity contribution in [1.82, 2.24) is 5.32 Å². The first-order valence-corrected chi connectivity index (χ1v) is 15.9. The quantitative estimate of drug-likeness (QED) is 0.0715. The van der Waals surface area contributed by atoms with Gasteiger partial charge in [0.15, 0.2) is 0 Å². The van der Waals surface area contributed by atoms with Crippen LogP contribution in [0.1, 0.15) is 116 Å². The lowest BCUT2D eigenvalue weighted by Crippen LogP contribution is -2.37. The Balaban J connectivity index is 3.50. The van der Waals surface area contributed by atoms with E-state index in [2.05, 4.69) is 12.2 Å². The van der Waals surface area contributed by atoms with Gasteiger partial charge in [0.05, 0.1) is 40.3 Å². The lowest BCUT2D eigenvalue weighted by atomic mass is 10.0. The van der Waals surface area contributed by atoms with E-state index >= 15 is 0 Å². The van der Waals surface area contributed by atoms with E-state index in [1.165, 1.54) is 89.9 Å². The molecule has 0 spiro atoms. The highest BCUT2D eigenvalue weighted by Gasteiger charge is 2.24. The monoisotopic (exact) mass is 537 g/mol. The van der Waals surface area contributed by atoms with E-state index in [0.717, 1.165) is 12.8 Å². The van der Waals surface area contributed by atoms with Crippen LogP contribution in [-0.2, 0) is 18.4 Å². The largest absolute Gasteiger partial charge is 0.472 e. The van der Waals surface area contributed by atoms with Gasteiger partial charge in [-0.15, -0.1) is 0 Å². The summed E-state index contributed by atoms with van der Waals surface area (Å²) in [4.78, 5) is 21.6. The van der Waals surface area contributed by atoms with Crippen LogP contribution in [0.15, 0.2) is 0 Å². The number of aliphatic hydroxyl groups excluding tert-OH is 1. The minimum absolute atomic E-state index is 0.0627. The van der Waals surface area contributed by atoms with Gasteiger partial charge in [-0.1, -0.05) is 103 Å². The highest BCUT2D eigenvalue weighted by molar-refractivity contribution is 7.47. The number of aliphatic hydroxyl groups is 1. The maximum Gasteiger partial charge on any atom is 0.472 e. The Kier molecular flexibility index (Phi) is 22.2. The van der Waals surface area contributed by atoms with Gasteiger partial charge < -0.3 is 19.8 Å². The number of quaternary nitrogens is 1. The molecule has 0 rings (SSSR count). The SMILES string of the molecule is CCCCCCCCCCCCCCCCCCNC(=O)CC(O)COP(=O)(O)OCC[N+](C)(C)C. The minimum atomic E-state index is -4.23. The highest BCUT2D eigenvalue weighted by Crippen LogP contribution is 2.43. The predicted octanol–water partition coefficient (Wildman–Crippen LogP) is 5.95. The van der Waals surface area contributed by atoms with Gasteiger partial charge >= 0.3 is 7.82 Å². The van der Waals surface area contributed by atoms with Crippen molar-refractivity contribution in [3.05, 3.63) is 0 Å². The molecule has 0 heterocycles. The van der Waals surface area contributed by atoms with Crippen molar-refractivity contribution < 1.29 is 32.9 Å². The first-order valence-electron chi connectivity index (χ1n) is 14.4. The molecule has 0 saturated heterocycles. The molecule has 0 fully saturated rings. The second kappa shape index (κ2) is 22.5. The fraction of sp³-hybridized carbons (Fsp3) is 0.963. The molecule has 0 radical (unpaired) electrons. The molecule has 0 aliphatic carbocycles. The number of carbonyl (C=O) groups is 1. The normalized spacial score (nSPS) is 14.5. The summed E-state index contributed by atoms with van der Waals surface area (Å²) in [6.07, 6.45) is 19.6. The summed E-state index contributed by atoms with van der Waals surface area (Å²) in [5, 5.41) is 12.7. The first kappa shape index (κ1) is 35.5. The van der Waals surface area contributed by atoms with E-state index in [1.54, 1.807) is 0 Å². The number of nitrogens with zero attached hydrogens (tertiary/aromatic N) is 1. The van der Waals surface area contributed by atoms with Crippen LogP contribution in [0.4, 0.5) is 0 Å². The third kappa shape index (κ3) is 26.6. The number of carbonyl (C=O) groups excluding carboxylic acids is 1. The molecule has 0 aliphatic rings. The van der Waals surface area contributed by atoms with Crippen LogP contribution in [0.5, 0.6) is 0 Å². The second-order valence-electron chi connectivity index (χ2n) is 11.1. The van der Waals surface area contributed by atoms with Crippen molar-refractivity contribution in [1.29, 1.82) is 0 Å². The van der Waals surface area contributed by atoms with Crippen molar-refractivity contribution in [2.75, 3.05) is 47.4 Å². The fourth-order valence-corrected chi connectivity index (χ4v) is 4.64. The smallest absolute Gasteiger partial charge is 0.390 e. The predicted molar refractivity (Wildman–Crippen MR) is 148 cm³/mol. The van der Waals surface area contributed by atoms with Gasteiger partial charge in [0.25, 0.3) is 0 Å². The van der Waals surface area contributed by atoms with Crippen LogP contribution in [0, 0.1) is 0 Å². The summed E-state index contributed by atoms with van der Waals surface area (Å²) in [5.74, 6) is -0.286. The summed E-state index contributed by atoms with van der Waals surface area (Å²) in [5.41, 5.74) is 0. The Morgan fingerprint density at radius 2 is 1.25 bits per heavy atom. The molecule has 0 aliphatic heterocycles. The van der Waals surface area contributed by atoms with Crippen LogP contribution >= 0.6 is 7.82 Å². The van der Waals surface area contributed by atoms with Gasteiger partial charge in [0.2, 0.25) is 5.91 Å². The van der Waals surface area contributed by atoms with Gasteiger partial charge in [-0.25, -0.2) is 4.57 Å². The number of nitrogens with one attached hydrogen (secondary N) is 1. The average molecular weight is 538 g/mol. The fourth-order valence-electron chi connectivity index (χ4n) is 3.89. The topological polar surface area (TPSA) is 105 Å². The van der Waals surface area contributed by atoms with Gasteiger partial charge in [-0.2, -0.15) is 0 Å². The molecule has 0 aromatic carbocycles. The standard InChI is InChI=1S/C27H57N2O6P/c1-5-6-7-8-9-10-11-12-13-14-15-16-17-18-19-20-21-28-27(31)24-26(30)25-35-36(32,33)34-23-22-29(2,3)4/h26,30H,5-25H2,1-4H3,(H-,28,31,32,33)/p+1.